The molecule has 1 atom stereocenters. The fourth-order valence-corrected chi connectivity index (χ4v) is 4.43. The number of benzene rings is 1. The van der Waals surface area contributed by atoms with Crippen molar-refractivity contribution in [2.45, 2.75) is 70.8 Å². The highest BCUT2D eigenvalue weighted by Gasteiger charge is 2.53. The molecule has 1 unspecified atom stereocenters. The highest BCUT2D eigenvalue weighted by atomic mass is 35.5. The Morgan fingerprint density at radius 3 is 2.54 bits per heavy atom. The fourth-order valence-electron chi connectivity index (χ4n) is 4.20. The molecule has 0 saturated heterocycles. The molecule has 152 valence electrons. The van der Waals surface area contributed by atoms with Gasteiger partial charge in [0.2, 0.25) is 5.90 Å². The Balaban J connectivity index is 2.13. The Bertz CT molecular complexity index is 784. The number of nitrogens with zero attached hydrogens (tertiary/aromatic N) is 1. The Hall–Kier alpha value is -1.88. The molecular weight excluding hydrogens is 378 g/mol. The van der Waals surface area contributed by atoms with Crippen LogP contribution in [0, 0.1) is 5.92 Å². The molecule has 28 heavy (non-hydrogen) atoms. The molecule has 1 aliphatic carbocycles. The van der Waals surface area contributed by atoms with E-state index in [1.54, 1.807) is 27.0 Å². The van der Waals surface area contributed by atoms with Gasteiger partial charge >= 0.3 is 5.97 Å². The molecule has 0 N–H and O–H groups in total. The van der Waals surface area contributed by atoms with Crippen LogP contribution in [0.1, 0.15) is 69.9 Å². The highest BCUT2D eigenvalue weighted by Crippen LogP contribution is 2.46. The third-order valence-electron chi connectivity index (χ3n) is 5.73. The average molecular weight is 406 g/mol. The van der Waals surface area contributed by atoms with Crippen LogP contribution in [0.15, 0.2) is 17.1 Å². The maximum Gasteiger partial charge on any atom is 0.314 e. The van der Waals surface area contributed by atoms with E-state index in [4.69, 9.17) is 26.1 Å². The van der Waals surface area contributed by atoms with Gasteiger partial charge in [-0.3, -0.25) is 9.59 Å². The zero-order valence-corrected chi connectivity index (χ0v) is 17.8. The van der Waals surface area contributed by atoms with Crippen molar-refractivity contribution in [2.75, 3.05) is 7.11 Å². The van der Waals surface area contributed by atoms with Gasteiger partial charge in [-0.25, -0.2) is 4.99 Å². The molecule has 1 heterocycles. The number of carbonyl (C=O) groups excluding carboxylic acids is 2. The minimum Gasteiger partial charge on any atom is -0.496 e. The number of carbonyl (C=O) groups is 2. The highest BCUT2D eigenvalue weighted by molar-refractivity contribution is 6.31. The lowest BCUT2D eigenvalue weighted by atomic mass is 9.75. The summed E-state index contributed by atoms with van der Waals surface area (Å²) in [6.45, 7) is 5.54. The molecule has 6 heteroatoms. The molecule has 0 radical (unpaired) electrons. The molecule has 0 aromatic heterocycles. The van der Waals surface area contributed by atoms with Gasteiger partial charge in [0.15, 0.2) is 5.78 Å². The lowest BCUT2D eigenvalue weighted by Gasteiger charge is -2.29. The van der Waals surface area contributed by atoms with Crippen molar-refractivity contribution in [2.24, 2.45) is 10.9 Å². The first kappa shape index (κ1) is 20.8. The van der Waals surface area contributed by atoms with Crippen molar-refractivity contribution in [1.29, 1.82) is 0 Å². The van der Waals surface area contributed by atoms with Gasteiger partial charge in [-0.15, -0.1) is 0 Å². The van der Waals surface area contributed by atoms with E-state index >= 15 is 0 Å². The molecule has 2 aliphatic rings. The molecule has 0 amide bonds. The standard InChI is InChI=1S/C22H28ClNO4/c1-5-14-11-15(23)12-16(27-4)17(14)18-19(25)22(9-7-6-8-10-22)24-20(18)28-21(26)13(2)3/h11-13,18H,5-10H2,1-4H3. The number of methoxy groups -OCH3 is 1. The predicted octanol–water partition coefficient (Wildman–Crippen LogP) is 4.88. The summed E-state index contributed by atoms with van der Waals surface area (Å²) in [6, 6.07) is 3.55. The lowest BCUT2D eigenvalue weighted by Crippen LogP contribution is -2.38. The summed E-state index contributed by atoms with van der Waals surface area (Å²) in [5.41, 5.74) is 0.839. The SMILES string of the molecule is CCc1cc(Cl)cc(OC)c1C1C(=O)C2(CCCCC2)N=C1OC(=O)C(C)C. The van der Waals surface area contributed by atoms with Gasteiger partial charge in [-0.2, -0.15) is 0 Å². The van der Waals surface area contributed by atoms with E-state index in [9.17, 15) is 9.59 Å². The molecule has 1 aromatic rings. The molecule has 1 saturated carbocycles. The van der Waals surface area contributed by atoms with E-state index < -0.39 is 11.5 Å². The molecule has 1 aromatic carbocycles. The third-order valence-corrected chi connectivity index (χ3v) is 5.95. The summed E-state index contributed by atoms with van der Waals surface area (Å²) in [4.78, 5) is 30.8. The number of halogens is 1. The maximum atomic E-state index is 13.7. The minimum atomic E-state index is -0.787. The van der Waals surface area contributed by atoms with Crippen molar-refractivity contribution in [3.8, 4) is 5.75 Å². The second-order valence-electron chi connectivity index (χ2n) is 7.95. The quantitative estimate of drug-likeness (QED) is 0.670. The van der Waals surface area contributed by atoms with E-state index in [1.165, 1.54) is 0 Å². The second-order valence-corrected chi connectivity index (χ2v) is 8.39. The largest absolute Gasteiger partial charge is 0.496 e. The lowest BCUT2D eigenvalue weighted by molar-refractivity contribution is -0.139. The summed E-state index contributed by atoms with van der Waals surface area (Å²) in [5.74, 6) is -0.670. The van der Waals surface area contributed by atoms with Crippen molar-refractivity contribution >= 4 is 29.3 Å². The van der Waals surface area contributed by atoms with Crippen molar-refractivity contribution in [1.82, 2.24) is 0 Å². The molecule has 1 fully saturated rings. The number of aliphatic imine (C=N–C) groups is 1. The third kappa shape index (κ3) is 3.69. The Morgan fingerprint density at radius 2 is 1.96 bits per heavy atom. The zero-order chi connectivity index (χ0) is 20.5. The van der Waals surface area contributed by atoms with Gasteiger partial charge in [0, 0.05) is 10.6 Å². The molecule has 1 spiro atoms. The topological polar surface area (TPSA) is 65.0 Å². The number of Topliss-reactive ketones (excluding diaryl/α,β-unsaturated/α-hetero) is 1. The van der Waals surface area contributed by atoms with Gasteiger partial charge < -0.3 is 9.47 Å². The first-order valence-corrected chi connectivity index (χ1v) is 10.4. The maximum absolute atomic E-state index is 13.7. The van der Waals surface area contributed by atoms with Gasteiger partial charge in [0.05, 0.1) is 13.0 Å². The monoisotopic (exact) mass is 405 g/mol. The van der Waals surface area contributed by atoms with Crippen LogP contribution >= 0.6 is 11.6 Å². The van der Waals surface area contributed by atoms with Crippen LogP contribution in [0.5, 0.6) is 5.75 Å². The summed E-state index contributed by atoms with van der Waals surface area (Å²) in [5, 5.41) is 0.549. The van der Waals surface area contributed by atoms with Gasteiger partial charge in [0.25, 0.3) is 0 Å². The van der Waals surface area contributed by atoms with Crippen LogP contribution in [-0.2, 0) is 20.7 Å². The first-order chi connectivity index (χ1) is 13.3. The Morgan fingerprint density at radius 1 is 1.29 bits per heavy atom. The molecule has 0 bridgehead atoms. The Kier molecular flexibility index (Phi) is 6.13. The normalized spacial score (nSPS) is 21.1. The van der Waals surface area contributed by atoms with E-state index in [-0.39, 0.29) is 23.6 Å². The zero-order valence-electron chi connectivity index (χ0n) is 17.0. The minimum absolute atomic E-state index is 0.00841. The van der Waals surface area contributed by atoms with Crippen LogP contribution in [0.2, 0.25) is 5.02 Å². The van der Waals surface area contributed by atoms with Gasteiger partial charge in [-0.1, -0.05) is 51.6 Å². The number of hydrogen-bond donors (Lipinski definition) is 0. The van der Waals surface area contributed by atoms with Crippen molar-refractivity contribution < 1.29 is 19.1 Å². The number of hydrogen-bond acceptors (Lipinski definition) is 5. The average Bonchev–Trinajstić information content (AvgIpc) is 2.92. The summed E-state index contributed by atoms with van der Waals surface area (Å²) >= 11 is 6.25. The van der Waals surface area contributed by atoms with Gasteiger partial charge in [0.1, 0.15) is 17.2 Å². The number of ketones is 1. The Labute approximate surface area is 171 Å². The predicted molar refractivity (Wildman–Crippen MR) is 109 cm³/mol. The summed E-state index contributed by atoms with van der Waals surface area (Å²) in [6.07, 6.45) is 5.07. The molecule has 1 aliphatic heterocycles. The van der Waals surface area contributed by atoms with Crippen LogP contribution in [0.25, 0.3) is 0 Å². The molecular formula is C22H28ClNO4. The fraction of sp³-hybridized carbons (Fsp3) is 0.591. The molecule has 5 nitrogen and oxygen atoms in total. The van der Waals surface area contributed by atoms with Crippen LogP contribution in [-0.4, -0.2) is 30.3 Å². The number of aryl methyl sites for hydroxylation is 1. The number of esters is 1. The van der Waals surface area contributed by atoms with Crippen molar-refractivity contribution in [3.63, 3.8) is 0 Å². The van der Waals surface area contributed by atoms with E-state index in [1.807, 2.05) is 13.0 Å². The summed E-state index contributed by atoms with van der Waals surface area (Å²) < 4.78 is 11.2. The van der Waals surface area contributed by atoms with E-state index in [0.717, 1.165) is 30.4 Å². The van der Waals surface area contributed by atoms with Crippen molar-refractivity contribution in [3.05, 3.63) is 28.3 Å². The smallest absolute Gasteiger partial charge is 0.314 e. The summed E-state index contributed by atoms with van der Waals surface area (Å²) in [7, 11) is 1.56. The van der Waals surface area contributed by atoms with E-state index in [2.05, 4.69) is 0 Å². The van der Waals surface area contributed by atoms with Crippen LogP contribution < -0.4 is 4.74 Å². The first-order valence-electron chi connectivity index (χ1n) is 10.0. The number of rotatable bonds is 4. The second kappa shape index (κ2) is 8.24. The van der Waals surface area contributed by atoms with E-state index in [0.29, 0.717) is 30.0 Å². The van der Waals surface area contributed by atoms with Crippen LogP contribution in [0.4, 0.5) is 0 Å². The van der Waals surface area contributed by atoms with Crippen LogP contribution in [0.3, 0.4) is 0 Å². The molecule has 3 rings (SSSR count). The van der Waals surface area contributed by atoms with Gasteiger partial charge in [-0.05, 0) is 37.0 Å². The number of ether oxygens (including phenoxy) is 2.